The van der Waals surface area contributed by atoms with Crippen LogP contribution in [0.5, 0.6) is 0 Å². The molecule has 0 saturated carbocycles. The zero-order valence-corrected chi connectivity index (χ0v) is 17.7. The Balaban J connectivity index is 1.82. The van der Waals surface area contributed by atoms with Crippen LogP contribution in [0.2, 0.25) is 0 Å². The van der Waals surface area contributed by atoms with E-state index in [9.17, 15) is 18.0 Å². The van der Waals surface area contributed by atoms with Crippen molar-refractivity contribution in [1.82, 2.24) is 5.32 Å². The van der Waals surface area contributed by atoms with Crippen molar-refractivity contribution in [2.24, 2.45) is 0 Å². The smallest absolute Gasteiger partial charge is 0.370 e. The number of nitrogens with one attached hydrogen (secondary N) is 2. The lowest BCUT2D eigenvalue weighted by Crippen LogP contribution is -2.36. The molecular formula is C22H24F3N3OS. The number of hydrogen-bond acceptors (Lipinski definition) is 3. The Labute approximate surface area is 179 Å². The maximum atomic E-state index is 13.2. The highest BCUT2D eigenvalue weighted by molar-refractivity contribution is 7.80. The van der Waals surface area contributed by atoms with Crippen molar-refractivity contribution in [2.75, 3.05) is 23.3 Å². The third-order valence-electron chi connectivity index (χ3n) is 5.12. The van der Waals surface area contributed by atoms with Gasteiger partial charge >= 0.3 is 6.18 Å². The van der Waals surface area contributed by atoms with E-state index in [1.165, 1.54) is 6.07 Å². The molecule has 2 N–H and O–H groups in total. The van der Waals surface area contributed by atoms with Gasteiger partial charge in [0, 0.05) is 18.7 Å². The summed E-state index contributed by atoms with van der Waals surface area (Å²) in [4.78, 5) is 14.6. The molecule has 1 aliphatic heterocycles. The molecule has 1 saturated heterocycles. The Morgan fingerprint density at radius 1 is 1.03 bits per heavy atom. The van der Waals surface area contributed by atoms with E-state index in [4.69, 9.17) is 12.2 Å². The number of rotatable bonds is 3. The quantitative estimate of drug-likeness (QED) is 0.631. The van der Waals surface area contributed by atoms with E-state index in [2.05, 4.69) is 10.6 Å². The van der Waals surface area contributed by atoms with Gasteiger partial charge in [-0.05, 0) is 75.2 Å². The molecule has 0 spiro atoms. The van der Waals surface area contributed by atoms with Crippen molar-refractivity contribution in [3.05, 3.63) is 58.7 Å². The Morgan fingerprint density at radius 3 is 2.37 bits per heavy atom. The van der Waals surface area contributed by atoms with Gasteiger partial charge in [0.1, 0.15) is 0 Å². The van der Waals surface area contributed by atoms with Gasteiger partial charge in [0.05, 0.1) is 16.9 Å². The van der Waals surface area contributed by atoms with Gasteiger partial charge in [0.15, 0.2) is 5.11 Å². The number of nitrogens with zero attached hydrogens (tertiary/aromatic N) is 1. The molecule has 0 unspecified atom stereocenters. The minimum atomic E-state index is -4.47. The fraction of sp³-hybridized carbons (Fsp3) is 0.364. The Kier molecular flexibility index (Phi) is 6.65. The molecule has 2 aromatic rings. The van der Waals surface area contributed by atoms with Crippen LogP contribution in [-0.4, -0.2) is 24.1 Å². The molecule has 0 bridgehead atoms. The summed E-state index contributed by atoms with van der Waals surface area (Å²) in [7, 11) is 0. The normalized spacial score (nSPS) is 14.4. The number of benzene rings is 2. The lowest BCUT2D eigenvalue weighted by atomic mass is 10.1. The predicted molar refractivity (Wildman–Crippen MR) is 117 cm³/mol. The van der Waals surface area contributed by atoms with E-state index in [1.807, 2.05) is 30.9 Å². The summed E-state index contributed by atoms with van der Waals surface area (Å²) < 4.78 is 39.7. The minimum Gasteiger partial charge on any atom is -0.370 e. The van der Waals surface area contributed by atoms with Crippen molar-refractivity contribution in [3.63, 3.8) is 0 Å². The molecular weight excluding hydrogens is 411 g/mol. The SMILES string of the molecule is Cc1ccc(C(=O)NC(=S)Nc2cc(C(F)(F)F)ccc2N2CCCCC2)c(C)c1. The highest BCUT2D eigenvalue weighted by Crippen LogP contribution is 2.36. The summed E-state index contributed by atoms with van der Waals surface area (Å²) in [6.45, 7) is 5.28. The van der Waals surface area contributed by atoms with Gasteiger partial charge in [0.2, 0.25) is 0 Å². The number of piperidine rings is 1. The molecule has 1 amide bonds. The fourth-order valence-corrected chi connectivity index (χ4v) is 3.82. The number of thiocarbonyl (C=S) groups is 1. The van der Waals surface area contributed by atoms with E-state index in [1.54, 1.807) is 6.07 Å². The maximum Gasteiger partial charge on any atom is 0.416 e. The van der Waals surface area contributed by atoms with Crippen LogP contribution in [-0.2, 0) is 6.18 Å². The first-order valence-electron chi connectivity index (χ1n) is 9.81. The Hall–Kier alpha value is -2.61. The molecule has 0 atom stereocenters. The van der Waals surface area contributed by atoms with E-state index >= 15 is 0 Å². The first-order valence-corrected chi connectivity index (χ1v) is 10.2. The molecule has 0 radical (unpaired) electrons. The van der Waals surface area contributed by atoms with Gasteiger partial charge in [0.25, 0.3) is 5.91 Å². The van der Waals surface area contributed by atoms with Crippen molar-refractivity contribution in [2.45, 2.75) is 39.3 Å². The molecule has 2 aromatic carbocycles. The van der Waals surface area contributed by atoms with Crippen LogP contribution in [0, 0.1) is 13.8 Å². The fourth-order valence-electron chi connectivity index (χ4n) is 3.62. The van der Waals surface area contributed by atoms with Gasteiger partial charge in [-0.2, -0.15) is 13.2 Å². The summed E-state index contributed by atoms with van der Waals surface area (Å²) in [5.41, 5.74) is 2.39. The number of amides is 1. The van der Waals surface area contributed by atoms with Crippen LogP contribution < -0.4 is 15.5 Å². The van der Waals surface area contributed by atoms with E-state index in [0.717, 1.165) is 55.6 Å². The molecule has 3 rings (SSSR count). The predicted octanol–water partition coefficient (Wildman–Crippen LogP) is 5.44. The Bertz CT molecular complexity index is 953. The second kappa shape index (κ2) is 9.04. The van der Waals surface area contributed by atoms with Crippen LogP contribution in [0.15, 0.2) is 36.4 Å². The largest absolute Gasteiger partial charge is 0.416 e. The number of halogens is 3. The van der Waals surface area contributed by atoms with Gasteiger partial charge in [-0.1, -0.05) is 17.7 Å². The van der Waals surface area contributed by atoms with Gasteiger partial charge in [-0.3, -0.25) is 10.1 Å². The van der Waals surface area contributed by atoms with Crippen LogP contribution >= 0.6 is 12.2 Å². The summed E-state index contributed by atoms with van der Waals surface area (Å²) in [5, 5.41) is 5.34. The number of anilines is 2. The highest BCUT2D eigenvalue weighted by Gasteiger charge is 2.31. The average molecular weight is 436 g/mol. The highest BCUT2D eigenvalue weighted by atomic mass is 32.1. The van der Waals surface area contributed by atoms with Crippen LogP contribution in [0.1, 0.15) is 46.3 Å². The number of aryl methyl sites for hydroxylation is 2. The van der Waals surface area contributed by atoms with Crippen LogP contribution in [0.25, 0.3) is 0 Å². The van der Waals surface area contributed by atoms with Crippen molar-refractivity contribution in [3.8, 4) is 0 Å². The first kappa shape index (κ1) is 22.1. The topological polar surface area (TPSA) is 44.4 Å². The lowest BCUT2D eigenvalue weighted by Gasteiger charge is -2.31. The third kappa shape index (κ3) is 5.30. The van der Waals surface area contributed by atoms with Crippen LogP contribution in [0.3, 0.4) is 0 Å². The van der Waals surface area contributed by atoms with Crippen molar-refractivity contribution in [1.29, 1.82) is 0 Å². The van der Waals surface area contributed by atoms with Gasteiger partial charge in [-0.15, -0.1) is 0 Å². The number of alkyl halides is 3. The molecule has 1 aliphatic rings. The molecule has 1 fully saturated rings. The second-order valence-corrected chi connectivity index (χ2v) is 7.91. The monoisotopic (exact) mass is 435 g/mol. The average Bonchev–Trinajstić information content (AvgIpc) is 2.67. The van der Waals surface area contributed by atoms with Gasteiger partial charge < -0.3 is 10.2 Å². The summed E-state index contributed by atoms with van der Waals surface area (Å²) in [6.07, 6.45) is -1.41. The Morgan fingerprint density at radius 2 is 1.73 bits per heavy atom. The minimum absolute atomic E-state index is 0.0439. The van der Waals surface area contributed by atoms with E-state index in [-0.39, 0.29) is 10.8 Å². The van der Waals surface area contributed by atoms with Crippen molar-refractivity contribution >= 4 is 34.6 Å². The lowest BCUT2D eigenvalue weighted by molar-refractivity contribution is -0.137. The van der Waals surface area contributed by atoms with E-state index in [0.29, 0.717) is 11.3 Å². The van der Waals surface area contributed by atoms with Crippen molar-refractivity contribution < 1.29 is 18.0 Å². The summed E-state index contributed by atoms with van der Waals surface area (Å²) >= 11 is 5.24. The zero-order valence-electron chi connectivity index (χ0n) is 16.9. The maximum absolute atomic E-state index is 13.2. The van der Waals surface area contributed by atoms with Crippen LogP contribution in [0.4, 0.5) is 24.5 Å². The number of carbonyl (C=O) groups is 1. The molecule has 0 aromatic heterocycles. The molecule has 160 valence electrons. The molecule has 8 heteroatoms. The molecule has 4 nitrogen and oxygen atoms in total. The second-order valence-electron chi connectivity index (χ2n) is 7.50. The molecule has 0 aliphatic carbocycles. The zero-order chi connectivity index (χ0) is 21.9. The number of carbonyl (C=O) groups excluding carboxylic acids is 1. The van der Waals surface area contributed by atoms with E-state index < -0.39 is 17.6 Å². The standard InChI is InChI=1S/C22H24F3N3OS/c1-14-6-8-17(15(2)12-14)20(29)27-21(30)26-18-13-16(22(23,24)25)7-9-19(18)28-10-4-3-5-11-28/h6-9,12-13H,3-5,10-11H2,1-2H3,(H2,26,27,29,30). The third-order valence-corrected chi connectivity index (χ3v) is 5.33. The summed E-state index contributed by atoms with van der Waals surface area (Å²) in [6, 6.07) is 8.98. The first-order chi connectivity index (χ1) is 14.1. The summed E-state index contributed by atoms with van der Waals surface area (Å²) in [5.74, 6) is -0.406. The molecule has 30 heavy (non-hydrogen) atoms. The molecule has 1 heterocycles. The number of hydrogen-bond donors (Lipinski definition) is 2. The van der Waals surface area contributed by atoms with Gasteiger partial charge in [-0.25, -0.2) is 0 Å².